The molecule has 0 aliphatic heterocycles. The second kappa shape index (κ2) is 9.80. The summed E-state index contributed by atoms with van der Waals surface area (Å²) in [5, 5.41) is 15.3. The Morgan fingerprint density at radius 1 is 1.09 bits per heavy atom. The van der Waals surface area contributed by atoms with Gasteiger partial charge >= 0.3 is 6.18 Å². The van der Waals surface area contributed by atoms with Crippen molar-refractivity contribution in [2.45, 2.75) is 6.18 Å². The number of hydrogen-bond donors (Lipinski definition) is 3. The number of methoxy groups -OCH3 is 2. The Kier molecular flexibility index (Phi) is 6.91. The van der Waals surface area contributed by atoms with Gasteiger partial charge in [-0.25, -0.2) is 4.98 Å². The topological polar surface area (TPSA) is 123 Å². The van der Waals surface area contributed by atoms with Crippen molar-refractivity contribution in [3.8, 4) is 11.6 Å². The standard InChI is InChI=1S/C20H18F3N7O3/c1-4-16(31)27-15-8-12(32-2)5-6-14(15)28-18-13(20(21,22)23)10-24-19(29-18)26-11-7-17(33-3)30-25-9-11/h4-10H,1H2,2-3H3,(H,27,31)(H2,24,26,28,29,30). The Hall–Kier alpha value is -4.42. The number of hydrogen-bond acceptors (Lipinski definition) is 9. The van der Waals surface area contributed by atoms with Crippen molar-refractivity contribution in [3.05, 3.63) is 54.9 Å². The first-order valence-electron chi connectivity index (χ1n) is 9.20. The average Bonchev–Trinajstić information content (AvgIpc) is 2.79. The minimum absolute atomic E-state index is 0.133. The van der Waals surface area contributed by atoms with E-state index in [0.29, 0.717) is 17.6 Å². The molecule has 0 spiro atoms. The molecule has 0 aliphatic rings. The number of nitrogens with one attached hydrogen (secondary N) is 3. The number of anilines is 5. The molecule has 1 aromatic carbocycles. The van der Waals surface area contributed by atoms with Gasteiger partial charge in [0, 0.05) is 18.3 Å². The van der Waals surface area contributed by atoms with Crippen LogP contribution < -0.4 is 25.4 Å². The van der Waals surface area contributed by atoms with E-state index >= 15 is 0 Å². The summed E-state index contributed by atoms with van der Waals surface area (Å²) in [7, 11) is 2.80. The average molecular weight is 461 g/mol. The number of nitrogens with zero attached hydrogens (tertiary/aromatic N) is 4. The van der Waals surface area contributed by atoms with Gasteiger partial charge in [-0.05, 0) is 18.2 Å². The molecule has 0 radical (unpaired) electrons. The number of carbonyl (C=O) groups excluding carboxylic acids is 1. The van der Waals surface area contributed by atoms with Gasteiger partial charge in [0.25, 0.3) is 0 Å². The van der Waals surface area contributed by atoms with Gasteiger partial charge in [0.15, 0.2) is 0 Å². The number of benzene rings is 1. The highest BCUT2D eigenvalue weighted by Gasteiger charge is 2.35. The quantitative estimate of drug-likeness (QED) is 0.428. The number of ether oxygens (including phenoxy) is 2. The summed E-state index contributed by atoms with van der Waals surface area (Å²) >= 11 is 0. The van der Waals surface area contributed by atoms with Gasteiger partial charge in [-0.1, -0.05) is 6.58 Å². The Morgan fingerprint density at radius 2 is 1.88 bits per heavy atom. The molecule has 0 unspecified atom stereocenters. The van der Waals surface area contributed by atoms with Crippen LogP contribution >= 0.6 is 0 Å². The summed E-state index contributed by atoms with van der Waals surface area (Å²) in [5.41, 5.74) is -0.483. The fraction of sp³-hybridized carbons (Fsp3) is 0.150. The van der Waals surface area contributed by atoms with Gasteiger partial charge in [-0.15, -0.1) is 5.10 Å². The lowest BCUT2D eigenvalue weighted by molar-refractivity contribution is -0.137. The Balaban J connectivity index is 2.01. The third-order valence-corrected chi connectivity index (χ3v) is 4.11. The van der Waals surface area contributed by atoms with E-state index in [0.717, 1.165) is 6.08 Å². The number of halogens is 3. The van der Waals surface area contributed by atoms with Crippen molar-refractivity contribution in [2.75, 3.05) is 30.2 Å². The van der Waals surface area contributed by atoms with E-state index in [4.69, 9.17) is 9.47 Å². The van der Waals surface area contributed by atoms with E-state index in [1.807, 2.05) is 0 Å². The zero-order valence-electron chi connectivity index (χ0n) is 17.4. The van der Waals surface area contributed by atoms with Crippen molar-refractivity contribution >= 4 is 34.7 Å². The number of amides is 1. The molecule has 1 amide bonds. The first kappa shape index (κ1) is 23.2. The molecular formula is C20H18F3N7O3. The maximum absolute atomic E-state index is 13.6. The lowest BCUT2D eigenvalue weighted by Crippen LogP contribution is -2.14. The van der Waals surface area contributed by atoms with Crippen LogP contribution in [0.2, 0.25) is 0 Å². The molecule has 33 heavy (non-hydrogen) atoms. The lowest BCUT2D eigenvalue weighted by Gasteiger charge is -2.17. The van der Waals surface area contributed by atoms with E-state index in [1.54, 1.807) is 0 Å². The molecule has 0 fully saturated rings. The molecule has 13 heteroatoms. The number of rotatable bonds is 8. The highest BCUT2D eigenvalue weighted by atomic mass is 19.4. The molecule has 2 heterocycles. The monoisotopic (exact) mass is 461 g/mol. The second-order valence-corrected chi connectivity index (χ2v) is 6.30. The lowest BCUT2D eigenvalue weighted by atomic mass is 10.2. The van der Waals surface area contributed by atoms with Crippen LogP contribution in [0.15, 0.2) is 49.3 Å². The van der Waals surface area contributed by atoms with Crippen molar-refractivity contribution < 1.29 is 27.4 Å². The zero-order chi connectivity index (χ0) is 24.0. The second-order valence-electron chi connectivity index (χ2n) is 6.30. The minimum atomic E-state index is -4.75. The summed E-state index contributed by atoms with van der Waals surface area (Å²) < 4.78 is 50.9. The number of carbonyl (C=O) groups is 1. The Morgan fingerprint density at radius 3 is 2.55 bits per heavy atom. The third kappa shape index (κ3) is 5.84. The minimum Gasteiger partial charge on any atom is -0.497 e. The Labute approximate surface area is 185 Å². The molecule has 3 N–H and O–H groups in total. The smallest absolute Gasteiger partial charge is 0.421 e. The molecule has 172 valence electrons. The molecule has 0 saturated carbocycles. The molecule has 0 atom stereocenters. The molecule has 3 aromatic rings. The number of aromatic nitrogens is 4. The summed E-state index contributed by atoms with van der Waals surface area (Å²) in [6.45, 7) is 3.36. The van der Waals surface area contributed by atoms with Crippen LogP contribution in [-0.4, -0.2) is 40.3 Å². The van der Waals surface area contributed by atoms with E-state index in [-0.39, 0.29) is 23.2 Å². The van der Waals surface area contributed by atoms with Crippen LogP contribution in [0, 0.1) is 0 Å². The van der Waals surface area contributed by atoms with E-state index in [2.05, 4.69) is 42.7 Å². The fourth-order valence-electron chi connectivity index (χ4n) is 2.56. The van der Waals surface area contributed by atoms with Gasteiger partial charge in [-0.2, -0.15) is 23.3 Å². The molecule has 2 aromatic heterocycles. The first-order chi connectivity index (χ1) is 15.7. The van der Waals surface area contributed by atoms with Gasteiger partial charge in [0.05, 0.1) is 37.5 Å². The zero-order valence-corrected chi connectivity index (χ0v) is 17.4. The van der Waals surface area contributed by atoms with Gasteiger partial charge in [0.2, 0.25) is 17.7 Å². The molecule has 0 aliphatic carbocycles. The first-order valence-corrected chi connectivity index (χ1v) is 9.20. The van der Waals surface area contributed by atoms with Crippen molar-refractivity contribution in [1.29, 1.82) is 0 Å². The third-order valence-electron chi connectivity index (χ3n) is 4.11. The fourth-order valence-corrected chi connectivity index (χ4v) is 2.56. The molecule has 0 saturated heterocycles. The maximum Gasteiger partial charge on any atom is 0.421 e. The van der Waals surface area contributed by atoms with E-state index in [9.17, 15) is 18.0 Å². The number of alkyl halides is 3. The van der Waals surface area contributed by atoms with Gasteiger partial charge < -0.3 is 25.4 Å². The van der Waals surface area contributed by atoms with Crippen LogP contribution in [0.5, 0.6) is 11.6 Å². The predicted octanol–water partition coefficient (Wildman–Crippen LogP) is 3.91. The van der Waals surface area contributed by atoms with Gasteiger partial charge in [0.1, 0.15) is 17.1 Å². The summed E-state index contributed by atoms with van der Waals surface area (Å²) in [5.74, 6) is -0.697. The van der Waals surface area contributed by atoms with Crippen LogP contribution in [0.4, 0.5) is 42.0 Å². The van der Waals surface area contributed by atoms with E-state index < -0.39 is 23.5 Å². The summed E-state index contributed by atoms with van der Waals surface area (Å²) in [6, 6.07) is 5.85. The summed E-state index contributed by atoms with van der Waals surface area (Å²) in [4.78, 5) is 19.5. The van der Waals surface area contributed by atoms with Gasteiger partial charge in [-0.3, -0.25) is 4.79 Å². The highest BCUT2D eigenvalue weighted by Crippen LogP contribution is 2.37. The van der Waals surface area contributed by atoms with Crippen LogP contribution in [-0.2, 0) is 11.0 Å². The largest absolute Gasteiger partial charge is 0.497 e. The highest BCUT2D eigenvalue weighted by molar-refractivity contribution is 6.01. The van der Waals surface area contributed by atoms with E-state index in [1.165, 1.54) is 44.7 Å². The van der Waals surface area contributed by atoms with Crippen LogP contribution in [0.1, 0.15) is 5.56 Å². The molecule has 0 bridgehead atoms. The Bertz CT molecular complexity index is 1170. The summed E-state index contributed by atoms with van der Waals surface area (Å²) in [6.07, 6.45) is -1.77. The van der Waals surface area contributed by atoms with Crippen molar-refractivity contribution in [3.63, 3.8) is 0 Å². The maximum atomic E-state index is 13.6. The molecule has 3 rings (SSSR count). The van der Waals surface area contributed by atoms with Crippen LogP contribution in [0.3, 0.4) is 0 Å². The van der Waals surface area contributed by atoms with Crippen molar-refractivity contribution in [2.24, 2.45) is 0 Å². The molecular weight excluding hydrogens is 443 g/mol. The SMILES string of the molecule is C=CC(=O)Nc1cc(OC)ccc1Nc1nc(Nc2cnnc(OC)c2)ncc1C(F)(F)F. The van der Waals surface area contributed by atoms with Crippen molar-refractivity contribution in [1.82, 2.24) is 20.2 Å². The normalized spacial score (nSPS) is 10.8. The van der Waals surface area contributed by atoms with Crippen LogP contribution in [0.25, 0.3) is 0 Å². The molecule has 10 nitrogen and oxygen atoms in total. The predicted molar refractivity (Wildman–Crippen MR) is 114 cm³/mol.